The lowest BCUT2D eigenvalue weighted by molar-refractivity contribution is 0.146. The van der Waals surface area contributed by atoms with E-state index in [2.05, 4.69) is 33.0 Å². The Bertz CT molecular complexity index is 184. The number of rotatable bonds is 3. The summed E-state index contributed by atoms with van der Waals surface area (Å²) in [6.07, 6.45) is 0.976. The fourth-order valence-corrected chi connectivity index (χ4v) is 1.11. The number of hydrogen-bond donors (Lipinski definition) is 1. The van der Waals surface area contributed by atoms with Gasteiger partial charge in [-0.3, -0.25) is 0 Å². The molecule has 1 atom stereocenters. The maximum absolute atomic E-state index is 11.6. The minimum Gasteiger partial charge on any atom is -0.338 e. The van der Waals surface area contributed by atoms with E-state index in [9.17, 15) is 4.79 Å². The Morgan fingerprint density at radius 3 is 2.29 bits per heavy atom. The van der Waals surface area contributed by atoms with Gasteiger partial charge in [-0.1, -0.05) is 27.7 Å². The van der Waals surface area contributed by atoms with Gasteiger partial charge in [0.25, 0.3) is 0 Å². The van der Waals surface area contributed by atoms with E-state index >= 15 is 0 Å². The monoisotopic (exact) mass is 200 g/mol. The highest BCUT2D eigenvalue weighted by Crippen LogP contribution is 2.22. The van der Waals surface area contributed by atoms with Crippen LogP contribution in [0.15, 0.2) is 0 Å². The second-order valence-electron chi connectivity index (χ2n) is 4.88. The van der Waals surface area contributed by atoms with Gasteiger partial charge >= 0.3 is 6.03 Å². The van der Waals surface area contributed by atoms with Crippen LogP contribution in [0.1, 0.15) is 41.0 Å². The van der Waals surface area contributed by atoms with Crippen LogP contribution in [0.4, 0.5) is 4.79 Å². The van der Waals surface area contributed by atoms with Gasteiger partial charge in [0.15, 0.2) is 0 Å². The predicted molar refractivity (Wildman–Crippen MR) is 60.4 cm³/mol. The average Bonchev–Trinajstić information content (AvgIpc) is 2.10. The largest absolute Gasteiger partial charge is 0.338 e. The minimum absolute atomic E-state index is 0.0225. The maximum Gasteiger partial charge on any atom is 0.317 e. The van der Waals surface area contributed by atoms with Gasteiger partial charge in [-0.25, -0.2) is 4.79 Å². The summed E-state index contributed by atoms with van der Waals surface area (Å²) in [7, 11) is 1.85. The molecular formula is C11H24N2O. The van der Waals surface area contributed by atoms with Crippen molar-refractivity contribution in [3.63, 3.8) is 0 Å². The quantitative estimate of drug-likeness (QED) is 0.745. The molecule has 3 heteroatoms. The summed E-state index contributed by atoms with van der Waals surface area (Å²) < 4.78 is 0. The fraction of sp³-hybridized carbons (Fsp3) is 0.909. The van der Waals surface area contributed by atoms with E-state index < -0.39 is 0 Å². The van der Waals surface area contributed by atoms with Crippen LogP contribution in [0, 0.1) is 5.41 Å². The van der Waals surface area contributed by atoms with Crippen molar-refractivity contribution in [1.29, 1.82) is 0 Å². The summed E-state index contributed by atoms with van der Waals surface area (Å²) in [5.41, 5.74) is 0.123. The normalized spacial score (nSPS) is 13.6. The molecule has 0 aromatic heterocycles. The van der Waals surface area contributed by atoms with E-state index in [1.165, 1.54) is 0 Å². The van der Waals surface area contributed by atoms with Crippen LogP contribution in [0.5, 0.6) is 0 Å². The van der Waals surface area contributed by atoms with Gasteiger partial charge < -0.3 is 10.2 Å². The molecule has 0 bridgehead atoms. The van der Waals surface area contributed by atoms with Gasteiger partial charge in [0.1, 0.15) is 0 Å². The number of hydrogen-bond acceptors (Lipinski definition) is 1. The molecular weight excluding hydrogens is 176 g/mol. The zero-order chi connectivity index (χ0) is 11.4. The Kier molecular flexibility index (Phi) is 4.95. The summed E-state index contributed by atoms with van der Waals surface area (Å²) in [6.45, 7) is 11.3. The number of carbonyl (C=O) groups excluding carboxylic acids is 1. The number of amides is 2. The maximum atomic E-state index is 11.6. The lowest BCUT2D eigenvalue weighted by Gasteiger charge is -2.35. The Morgan fingerprint density at radius 1 is 1.43 bits per heavy atom. The Morgan fingerprint density at radius 2 is 1.93 bits per heavy atom. The highest BCUT2D eigenvalue weighted by molar-refractivity contribution is 5.74. The zero-order valence-electron chi connectivity index (χ0n) is 10.3. The summed E-state index contributed by atoms with van der Waals surface area (Å²) in [6, 6.07) is 0.258. The molecule has 2 amide bonds. The van der Waals surface area contributed by atoms with Gasteiger partial charge in [0.05, 0.1) is 0 Å². The molecule has 3 nitrogen and oxygen atoms in total. The van der Waals surface area contributed by atoms with Crippen LogP contribution < -0.4 is 5.32 Å². The van der Waals surface area contributed by atoms with Crippen molar-refractivity contribution in [2.75, 3.05) is 13.6 Å². The van der Waals surface area contributed by atoms with Crippen molar-refractivity contribution < 1.29 is 4.79 Å². The second-order valence-corrected chi connectivity index (χ2v) is 4.88. The van der Waals surface area contributed by atoms with Gasteiger partial charge in [0.2, 0.25) is 0 Å². The molecule has 1 N–H and O–H groups in total. The van der Waals surface area contributed by atoms with Crippen LogP contribution in [-0.2, 0) is 0 Å². The average molecular weight is 200 g/mol. The van der Waals surface area contributed by atoms with Crippen LogP contribution in [0.2, 0.25) is 0 Å². The topological polar surface area (TPSA) is 32.3 Å². The predicted octanol–water partition coefficient (Wildman–Crippen LogP) is 2.47. The first-order valence-corrected chi connectivity index (χ1v) is 5.31. The Labute approximate surface area is 87.9 Å². The van der Waals surface area contributed by atoms with Crippen molar-refractivity contribution in [3.8, 4) is 0 Å². The molecule has 1 unspecified atom stereocenters. The number of nitrogens with zero attached hydrogens (tertiary/aromatic N) is 1. The third-order valence-corrected chi connectivity index (χ3v) is 2.68. The molecule has 0 fully saturated rings. The molecule has 0 saturated heterocycles. The number of nitrogens with one attached hydrogen (secondary N) is 1. The van der Waals surface area contributed by atoms with E-state index in [1.807, 2.05) is 14.0 Å². The van der Waals surface area contributed by atoms with E-state index in [1.54, 1.807) is 4.90 Å². The van der Waals surface area contributed by atoms with Crippen LogP contribution in [0.25, 0.3) is 0 Å². The first kappa shape index (κ1) is 13.3. The summed E-state index contributed by atoms with van der Waals surface area (Å²) in [4.78, 5) is 13.4. The van der Waals surface area contributed by atoms with Crippen LogP contribution >= 0.6 is 0 Å². The molecule has 0 aliphatic heterocycles. The number of urea groups is 1. The van der Waals surface area contributed by atoms with Crippen molar-refractivity contribution in [2.45, 2.75) is 47.1 Å². The smallest absolute Gasteiger partial charge is 0.317 e. The standard InChI is InChI=1S/C11H24N2O/c1-7-8-12-10(14)13(6)9(2)11(3,4)5/h9H,7-8H2,1-6H3,(H,12,14). The summed E-state index contributed by atoms with van der Waals surface area (Å²) in [5.74, 6) is 0. The Hall–Kier alpha value is -0.730. The molecule has 0 aliphatic carbocycles. The molecule has 0 aromatic rings. The van der Waals surface area contributed by atoms with Gasteiger partial charge in [-0.15, -0.1) is 0 Å². The van der Waals surface area contributed by atoms with Gasteiger partial charge in [-0.05, 0) is 18.8 Å². The lowest BCUT2D eigenvalue weighted by atomic mass is 9.87. The first-order valence-electron chi connectivity index (χ1n) is 5.31. The lowest BCUT2D eigenvalue weighted by Crippen LogP contribution is -2.47. The summed E-state index contributed by atoms with van der Waals surface area (Å²) >= 11 is 0. The highest BCUT2D eigenvalue weighted by Gasteiger charge is 2.26. The van der Waals surface area contributed by atoms with Crippen molar-refractivity contribution in [2.24, 2.45) is 5.41 Å². The molecule has 0 aromatic carbocycles. The number of carbonyl (C=O) groups is 1. The molecule has 0 spiro atoms. The van der Waals surface area contributed by atoms with Crippen LogP contribution in [0.3, 0.4) is 0 Å². The molecule has 0 aliphatic rings. The molecule has 14 heavy (non-hydrogen) atoms. The highest BCUT2D eigenvalue weighted by atomic mass is 16.2. The summed E-state index contributed by atoms with van der Waals surface area (Å²) in [5, 5.41) is 2.87. The van der Waals surface area contributed by atoms with Crippen LogP contribution in [-0.4, -0.2) is 30.6 Å². The van der Waals surface area contributed by atoms with E-state index in [-0.39, 0.29) is 17.5 Å². The van der Waals surface area contributed by atoms with Gasteiger partial charge in [0, 0.05) is 19.6 Å². The van der Waals surface area contributed by atoms with Gasteiger partial charge in [-0.2, -0.15) is 0 Å². The minimum atomic E-state index is 0.0225. The molecule has 84 valence electrons. The molecule has 0 saturated carbocycles. The van der Waals surface area contributed by atoms with E-state index in [0.29, 0.717) is 0 Å². The third-order valence-electron chi connectivity index (χ3n) is 2.68. The molecule has 0 radical (unpaired) electrons. The van der Waals surface area contributed by atoms with Crippen molar-refractivity contribution in [3.05, 3.63) is 0 Å². The molecule has 0 rings (SSSR count). The Balaban J connectivity index is 4.18. The molecule has 0 heterocycles. The van der Waals surface area contributed by atoms with Crippen molar-refractivity contribution >= 4 is 6.03 Å². The van der Waals surface area contributed by atoms with E-state index in [0.717, 1.165) is 13.0 Å². The fourth-order valence-electron chi connectivity index (χ4n) is 1.11. The van der Waals surface area contributed by atoms with Crippen molar-refractivity contribution in [1.82, 2.24) is 10.2 Å². The second kappa shape index (κ2) is 5.23. The van der Waals surface area contributed by atoms with E-state index in [4.69, 9.17) is 0 Å². The SMILES string of the molecule is CCCNC(=O)N(C)C(C)C(C)(C)C. The third kappa shape index (κ3) is 3.99. The first-order chi connectivity index (χ1) is 6.30. The zero-order valence-corrected chi connectivity index (χ0v) is 10.3.